The smallest absolute Gasteiger partial charge is 0.228 e. The van der Waals surface area contributed by atoms with Gasteiger partial charge in [-0.15, -0.1) is 0 Å². The van der Waals surface area contributed by atoms with Crippen molar-refractivity contribution in [1.29, 1.82) is 0 Å². The molecule has 0 radical (unpaired) electrons. The summed E-state index contributed by atoms with van der Waals surface area (Å²) in [7, 11) is 0. The molecule has 3 heterocycles. The summed E-state index contributed by atoms with van der Waals surface area (Å²) in [6.07, 6.45) is 5.77. The van der Waals surface area contributed by atoms with Crippen LogP contribution in [0.3, 0.4) is 0 Å². The first-order valence-electron chi connectivity index (χ1n) is 7.60. The SMILES string of the molecule is CC(C)c1nc(CNCCc2nc(-c3cccnc3)no2)co1. The lowest BCUT2D eigenvalue weighted by molar-refractivity contribution is 0.376. The van der Waals surface area contributed by atoms with E-state index in [1.54, 1.807) is 18.7 Å². The molecule has 0 fully saturated rings. The Morgan fingerprint density at radius 3 is 2.91 bits per heavy atom. The first kappa shape index (κ1) is 15.4. The Morgan fingerprint density at radius 1 is 1.26 bits per heavy atom. The first-order chi connectivity index (χ1) is 11.2. The Balaban J connectivity index is 1.46. The van der Waals surface area contributed by atoms with Gasteiger partial charge in [0.2, 0.25) is 11.7 Å². The van der Waals surface area contributed by atoms with Crippen molar-refractivity contribution in [2.45, 2.75) is 32.7 Å². The molecular weight excluding hydrogens is 294 g/mol. The summed E-state index contributed by atoms with van der Waals surface area (Å²) < 4.78 is 10.6. The van der Waals surface area contributed by atoms with Gasteiger partial charge < -0.3 is 14.3 Å². The molecule has 0 aliphatic carbocycles. The van der Waals surface area contributed by atoms with Gasteiger partial charge in [-0.05, 0) is 12.1 Å². The molecule has 0 aliphatic heterocycles. The van der Waals surface area contributed by atoms with E-state index in [1.807, 2.05) is 12.1 Å². The summed E-state index contributed by atoms with van der Waals surface area (Å²) in [6, 6.07) is 3.74. The van der Waals surface area contributed by atoms with Gasteiger partial charge >= 0.3 is 0 Å². The fourth-order valence-electron chi connectivity index (χ4n) is 2.05. The second-order valence-corrected chi connectivity index (χ2v) is 5.51. The highest BCUT2D eigenvalue weighted by Gasteiger charge is 2.09. The van der Waals surface area contributed by atoms with Gasteiger partial charge in [0, 0.05) is 43.4 Å². The number of pyridine rings is 1. The zero-order valence-corrected chi connectivity index (χ0v) is 13.2. The molecule has 7 nitrogen and oxygen atoms in total. The highest BCUT2D eigenvalue weighted by atomic mass is 16.5. The minimum Gasteiger partial charge on any atom is -0.448 e. The summed E-state index contributed by atoms with van der Waals surface area (Å²) in [4.78, 5) is 12.8. The number of nitrogens with zero attached hydrogens (tertiary/aromatic N) is 4. The van der Waals surface area contributed by atoms with Crippen molar-refractivity contribution in [2.75, 3.05) is 6.54 Å². The molecule has 7 heteroatoms. The summed E-state index contributed by atoms with van der Waals surface area (Å²) in [5.74, 6) is 2.22. The van der Waals surface area contributed by atoms with E-state index in [4.69, 9.17) is 8.94 Å². The third-order valence-electron chi connectivity index (χ3n) is 3.27. The van der Waals surface area contributed by atoms with E-state index in [1.165, 1.54) is 0 Å². The van der Waals surface area contributed by atoms with Crippen LogP contribution in [-0.4, -0.2) is 26.7 Å². The van der Waals surface area contributed by atoms with E-state index < -0.39 is 0 Å². The van der Waals surface area contributed by atoms with Gasteiger partial charge in [-0.1, -0.05) is 19.0 Å². The Kier molecular flexibility index (Phi) is 4.77. The molecule has 0 spiro atoms. The van der Waals surface area contributed by atoms with Crippen molar-refractivity contribution in [3.05, 3.63) is 48.3 Å². The van der Waals surface area contributed by atoms with E-state index >= 15 is 0 Å². The third kappa shape index (κ3) is 4.01. The van der Waals surface area contributed by atoms with Crippen LogP contribution >= 0.6 is 0 Å². The predicted octanol–water partition coefficient (Wildman–Crippen LogP) is 2.58. The van der Waals surface area contributed by atoms with Crippen LogP contribution in [0.25, 0.3) is 11.4 Å². The monoisotopic (exact) mass is 313 g/mol. The highest BCUT2D eigenvalue weighted by Crippen LogP contribution is 2.14. The largest absolute Gasteiger partial charge is 0.448 e. The molecule has 0 unspecified atom stereocenters. The van der Waals surface area contributed by atoms with Gasteiger partial charge in [-0.3, -0.25) is 4.98 Å². The van der Waals surface area contributed by atoms with Crippen molar-refractivity contribution < 1.29 is 8.94 Å². The molecule has 0 saturated carbocycles. The van der Waals surface area contributed by atoms with E-state index in [0.717, 1.165) is 23.7 Å². The molecule has 0 bridgehead atoms. The summed E-state index contributed by atoms with van der Waals surface area (Å²) >= 11 is 0. The lowest BCUT2D eigenvalue weighted by Gasteiger charge is -1.99. The maximum Gasteiger partial charge on any atom is 0.228 e. The normalized spacial score (nSPS) is 11.3. The second kappa shape index (κ2) is 7.15. The van der Waals surface area contributed by atoms with Gasteiger partial charge in [-0.25, -0.2) is 4.98 Å². The molecule has 23 heavy (non-hydrogen) atoms. The molecule has 3 aromatic heterocycles. The van der Waals surface area contributed by atoms with Crippen molar-refractivity contribution in [2.24, 2.45) is 0 Å². The fraction of sp³-hybridized carbons (Fsp3) is 0.375. The van der Waals surface area contributed by atoms with Gasteiger partial charge in [0.25, 0.3) is 0 Å². The maximum atomic E-state index is 5.40. The predicted molar refractivity (Wildman–Crippen MR) is 83.5 cm³/mol. The summed E-state index contributed by atoms with van der Waals surface area (Å²) in [6.45, 7) is 5.48. The number of hydrogen-bond acceptors (Lipinski definition) is 7. The third-order valence-corrected chi connectivity index (χ3v) is 3.27. The number of hydrogen-bond donors (Lipinski definition) is 1. The molecule has 0 amide bonds. The average molecular weight is 313 g/mol. The molecule has 0 aliphatic rings. The molecule has 120 valence electrons. The molecule has 1 N–H and O–H groups in total. The minimum absolute atomic E-state index is 0.299. The molecule has 3 aromatic rings. The second-order valence-electron chi connectivity index (χ2n) is 5.51. The molecule has 0 saturated heterocycles. The average Bonchev–Trinajstić information content (AvgIpc) is 3.22. The molecule has 0 aromatic carbocycles. The van der Waals surface area contributed by atoms with E-state index in [9.17, 15) is 0 Å². The Hall–Kier alpha value is -2.54. The fourth-order valence-corrected chi connectivity index (χ4v) is 2.05. The highest BCUT2D eigenvalue weighted by molar-refractivity contribution is 5.51. The number of rotatable bonds is 7. The summed E-state index contributed by atoms with van der Waals surface area (Å²) in [5, 5.41) is 7.25. The molecule has 3 rings (SSSR count). The van der Waals surface area contributed by atoms with E-state index in [-0.39, 0.29) is 0 Å². The Labute approximate surface area is 134 Å². The van der Waals surface area contributed by atoms with Crippen LogP contribution in [-0.2, 0) is 13.0 Å². The molecule has 0 atom stereocenters. The summed E-state index contributed by atoms with van der Waals surface area (Å²) in [5.41, 5.74) is 1.74. The van der Waals surface area contributed by atoms with Crippen LogP contribution in [0.2, 0.25) is 0 Å². The lowest BCUT2D eigenvalue weighted by atomic mass is 10.2. The van der Waals surface area contributed by atoms with Crippen LogP contribution in [0.4, 0.5) is 0 Å². The zero-order valence-electron chi connectivity index (χ0n) is 13.2. The van der Waals surface area contributed by atoms with Crippen LogP contribution in [0, 0.1) is 0 Å². The molecular formula is C16H19N5O2. The van der Waals surface area contributed by atoms with Gasteiger partial charge in [0.1, 0.15) is 6.26 Å². The first-order valence-corrected chi connectivity index (χ1v) is 7.60. The number of aromatic nitrogens is 4. The number of oxazole rings is 1. The quantitative estimate of drug-likeness (QED) is 0.670. The van der Waals surface area contributed by atoms with Gasteiger partial charge in [0.15, 0.2) is 5.89 Å². The van der Waals surface area contributed by atoms with Crippen molar-refractivity contribution >= 4 is 0 Å². The van der Waals surface area contributed by atoms with Gasteiger partial charge in [-0.2, -0.15) is 4.98 Å². The minimum atomic E-state index is 0.299. The topological polar surface area (TPSA) is 89.9 Å². The van der Waals surface area contributed by atoms with Crippen molar-refractivity contribution in [3.63, 3.8) is 0 Å². The van der Waals surface area contributed by atoms with Crippen LogP contribution in [0.15, 0.2) is 39.7 Å². The zero-order chi connectivity index (χ0) is 16.1. The van der Waals surface area contributed by atoms with E-state index in [2.05, 4.69) is 39.3 Å². The van der Waals surface area contributed by atoms with Crippen LogP contribution in [0.1, 0.15) is 37.2 Å². The lowest BCUT2D eigenvalue weighted by Crippen LogP contribution is -2.17. The Bertz CT molecular complexity index is 736. The van der Waals surface area contributed by atoms with Crippen LogP contribution < -0.4 is 5.32 Å². The van der Waals surface area contributed by atoms with Crippen molar-refractivity contribution in [1.82, 2.24) is 25.4 Å². The maximum absolute atomic E-state index is 5.40. The van der Waals surface area contributed by atoms with Crippen molar-refractivity contribution in [3.8, 4) is 11.4 Å². The van der Waals surface area contributed by atoms with E-state index in [0.29, 0.717) is 30.6 Å². The standard InChI is InChI=1S/C16H19N5O2/c1-11(2)16-19-13(10-22-16)9-18-7-5-14-20-15(21-23-14)12-4-3-6-17-8-12/h3-4,6,8,10-11,18H,5,7,9H2,1-2H3. The Morgan fingerprint density at radius 2 is 2.17 bits per heavy atom. The van der Waals surface area contributed by atoms with Gasteiger partial charge in [0.05, 0.1) is 5.69 Å². The number of nitrogens with one attached hydrogen (secondary N) is 1. The van der Waals surface area contributed by atoms with Crippen LogP contribution in [0.5, 0.6) is 0 Å².